The minimum absolute atomic E-state index is 0.0384. The second kappa shape index (κ2) is 4.94. The van der Waals surface area contributed by atoms with Crippen LogP contribution < -0.4 is 4.74 Å². The van der Waals surface area contributed by atoms with Gasteiger partial charge in [0.15, 0.2) is 12.3 Å². The third-order valence-corrected chi connectivity index (χ3v) is 2.15. The molecule has 0 aliphatic carbocycles. The molecule has 0 N–H and O–H groups in total. The van der Waals surface area contributed by atoms with Crippen LogP contribution in [0.3, 0.4) is 0 Å². The van der Waals surface area contributed by atoms with Crippen LogP contribution in [0.25, 0.3) is 0 Å². The normalized spacial score (nSPS) is 24.1. The molecule has 0 bridgehead atoms. The summed E-state index contributed by atoms with van der Waals surface area (Å²) in [5.41, 5.74) is 0. The predicted molar refractivity (Wildman–Crippen MR) is 53.1 cm³/mol. The fourth-order valence-electron chi connectivity index (χ4n) is 1.35. The summed E-state index contributed by atoms with van der Waals surface area (Å²) in [6, 6.07) is 8.46. The first-order valence-corrected chi connectivity index (χ1v) is 4.91. The molecule has 0 spiro atoms. The zero-order valence-corrected chi connectivity index (χ0v) is 8.47. The van der Waals surface area contributed by atoms with E-state index in [9.17, 15) is 9.18 Å². The summed E-state index contributed by atoms with van der Waals surface area (Å²) in [7, 11) is 0. The standard InChI is InChI=1S/C11H11FO4/c12-9-6-14-7-10(9)16-11(13)15-8-4-2-1-3-5-8/h1-5,9-10H,6-7H2/t9?,10-/m1/s1. The van der Waals surface area contributed by atoms with Crippen LogP contribution in [-0.4, -0.2) is 31.6 Å². The number of carbonyl (C=O) groups excluding carboxylic acids is 1. The average molecular weight is 226 g/mol. The van der Waals surface area contributed by atoms with Gasteiger partial charge in [-0.2, -0.15) is 0 Å². The first-order valence-electron chi connectivity index (χ1n) is 4.91. The number of halogens is 1. The number of ether oxygens (including phenoxy) is 3. The Morgan fingerprint density at radius 2 is 2.06 bits per heavy atom. The average Bonchev–Trinajstić information content (AvgIpc) is 2.66. The van der Waals surface area contributed by atoms with Crippen molar-refractivity contribution in [2.45, 2.75) is 12.3 Å². The van der Waals surface area contributed by atoms with Gasteiger partial charge in [0.2, 0.25) is 0 Å². The minimum atomic E-state index is -1.27. The van der Waals surface area contributed by atoms with Crippen molar-refractivity contribution in [2.75, 3.05) is 13.2 Å². The Kier molecular flexibility index (Phi) is 3.36. The van der Waals surface area contributed by atoms with E-state index in [1.807, 2.05) is 0 Å². The van der Waals surface area contributed by atoms with Gasteiger partial charge in [0.25, 0.3) is 0 Å². The summed E-state index contributed by atoms with van der Waals surface area (Å²) in [6.07, 6.45) is -3.05. The monoisotopic (exact) mass is 226 g/mol. The largest absolute Gasteiger partial charge is 0.514 e. The van der Waals surface area contributed by atoms with Crippen LogP contribution in [0.5, 0.6) is 5.75 Å². The van der Waals surface area contributed by atoms with E-state index in [0.29, 0.717) is 5.75 Å². The Hall–Kier alpha value is -1.62. The van der Waals surface area contributed by atoms with Crippen LogP contribution in [0.4, 0.5) is 9.18 Å². The smallest absolute Gasteiger partial charge is 0.425 e. The van der Waals surface area contributed by atoms with E-state index < -0.39 is 18.4 Å². The van der Waals surface area contributed by atoms with Gasteiger partial charge in [-0.3, -0.25) is 0 Å². The highest BCUT2D eigenvalue weighted by atomic mass is 19.1. The maximum absolute atomic E-state index is 13.0. The van der Waals surface area contributed by atoms with Crippen molar-refractivity contribution in [1.82, 2.24) is 0 Å². The molecule has 1 aromatic rings. The summed E-state index contributed by atoms with van der Waals surface area (Å²) in [5, 5.41) is 0. The lowest BCUT2D eigenvalue weighted by Gasteiger charge is -2.11. The third kappa shape index (κ3) is 2.70. The molecule has 1 fully saturated rings. The van der Waals surface area contributed by atoms with Crippen molar-refractivity contribution in [3.63, 3.8) is 0 Å². The first-order chi connectivity index (χ1) is 7.75. The van der Waals surface area contributed by atoms with Gasteiger partial charge >= 0.3 is 6.16 Å². The molecule has 1 heterocycles. The molecule has 1 aromatic carbocycles. The van der Waals surface area contributed by atoms with E-state index in [1.54, 1.807) is 30.3 Å². The van der Waals surface area contributed by atoms with Gasteiger partial charge in [-0.15, -0.1) is 0 Å². The van der Waals surface area contributed by atoms with E-state index in [1.165, 1.54) is 0 Å². The highest BCUT2D eigenvalue weighted by Crippen LogP contribution is 2.15. The highest BCUT2D eigenvalue weighted by molar-refractivity contribution is 5.64. The van der Waals surface area contributed by atoms with E-state index >= 15 is 0 Å². The Morgan fingerprint density at radius 1 is 1.31 bits per heavy atom. The van der Waals surface area contributed by atoms with E-state index in [-0.39, 0.29) is 13.2 Å². The molecule has 4 nitrogen and oxygen atoms in total. The third-order valence-electron chi connectivity index (χ3n) is 2.15. The summed E-state index contributed by atoms with van der Waals surface area (Å²) in [5.74, 6) is 0.363. The molecular formula is C11H11FO4. The molecule has 2 rings (SSSR count). The van der Waals surface area contributed by atoms with Gasteiger partial charge in [0.05, 0.1) is 13.2 Å². The second-order valence-corrected chi connectivity index (χ2v) is 3.37. The van der Waals surface area contributed by atoms with Gasteiger partial charge in [-0.25, -0.2) is 9.18 Å². The molecule has 86 valence electrons. The second-order valence-electron chi connectivity index (χ2n) is 3.37. The van der Waals surface area contributed by atoms with Gasteiger partial charge < -0.3 is 14.2 Å². The van der Waals surface area contributed by atoms with Gasteiger partial charge in [-0.1, -0.05) is 18.2 Å². The van der Waals surface area contributed by atoms with Gasteiger partial charge in [-0.05, 0) is 12.1 Å². The SMILES string of the molecule is O=C(Oc1ccccc1)O[C@@H]1COCC1F. The summed E-state index contributed by atoms with van der Waals surface area (Å²) < 4.78 is 27.4. The highest BCUT2D eigenvalue weighted by Gasteiger charge is 2.32. The van der Waals surface area contributed by atoms with Crippen LogP contribution in [0.2, 0.25) is 0 Å². The number of rotatable bonds is 2. The van der Waals surface area contributed by atoms with Crippen molar-refractivity contribution in [3.8, 4) is 5.75 Å². The Labute approximate surface area is 91.9 Å². The molecule has 2 atom stereocenters. The van der Waals surface area contributed by atoms with E-state index in [2.05, 4.69) is 0 Å². The van der Waals surface area contributed by atoms with Gasteiger partial charge in [0, 0.05) is 0 Å². The Morgan fingerprint density at radius 3 is 2.69 bits per heavy atom. The summed E-state index contributed by atoms with van der Waals surface area (Å²) in [6.45, 7) is 0.0361. The Balaban J connectivity index is 1.85. The quantitative estimate of drug-likeness (QED) is 0.571. The summed E-state index contributed by atoms with van der Waals surface area (Å²) in [4.78, 5) is 11.2. The van der Waals surface area contributed by atoms with Crippen LogP contribution in [0, 0.1) is 0 Å². The summed E-state index contributed by atoms with van der Waals surface area (Å²) >= 11 is 0. The fourth-order valence-corrected chi connectivity index (χ4v) is 1.35. The minimum Gasteiger partial charge on any atom is -0.425 e. The number of para-hydroxylation sites is 1. The molecule has 0 saturated carbocycles. The maximum Gasteiger partial charge on any atom is 0.514 e. The number of carbonyl (C=O) groups is 1. The number of hydrogen-bond acceptors (Lipinski definition) is 4. The molecule has 1 saturated heterocycles. The van der Waals surface area contributed by atoms with Crippen LogP contribution in [0.1, 0.15) is 0 Å². The fraction of sp³-hybridized carbons (Fsp3) is 0.364. The van der Waals surface area contributed by atoms with Crippen LogP contribution >= 0.6 is 0 Å². The predicted octanol–water partition coefficient (Wildman–Crippen LogP) is 1.94. The lowest BCUT2D eigenvalue weighted by molar-refractivity contribution is 0.0329. The van der Waals surface area contributed by atoms with Crippen molar-refractivity contribution >= 4 is 6.16 Å². The molecule has 16 heavy (non-hydrogen) atoms. The van der Waals surface area contributed by atoms with Crippen molar-refractivity contribution in [2.24, 2.45) is 0 Å². The molecule has 0 amide bonds. The zero-order valence-electron chi connectivity index (χ0n) is 8.47. The molecule has 1 unspecified atom stereocenters. The number of benzene rings is 1. The lowest BCUT2D eigenvalue weighted by atomic mass is 10.3. The molecule has 1 aliphatic rings. The van der Waals surface area contributed by atoms with Crippen molar-refractivity contribution in [3.05, 3.63) is 30.3 Å². The van der Waals surface area contributed by atoms with Crippen LogP contribution in [-0.2, 0) is 9.47 Å². The first kappa shape index (κ1) is 10.9. The van der Waals surface area contributed by atoms with Gasteiger partial charge in [0.1, 0.15) is 5.75 Å². The number of alkyl halides is 1. The molecular weight excluding hydrogens is 215 g/mol. The topological polar surface area (TPSA) is 44.8 Å². The molecule has 1 aliphatic heterocycles. The lowest BCUT2D eigenvalue weighted by Crippen LogP contribution is -2.28. The van der Waals surface area contributed by atoms with Crippen LogP contribution in [0.15, 0.2) is 30.3 Å². The molecule has 0 aromatic heterocycles. The van der Waals surface area contributed by atoms with E-state index in [0.717, 1.165) is 0 Å². The van der Waals surface area contributed by atoms with E-state index in [4.69, 9.17) is 14.2 Å². The Bertz CT molecular complexity index is 354. The zero-order chi connectivity index (χ0) is 11.4. The molecule has 0 radical (unpaired) electrons. The maximum atomic E-state index is 13.0. The molecule has 5 heteroatoms. The van der Waals surface area contributed by atoms with Crippen molar-refractivity contribution < 1.29 is 23.4 Å². The number of hydrogen-bond donors (Lipinski definition) is 0. The van der Waals surface area contributed by atoms with Crippen molar-refractivity contribution in [1.29, 1.82) is 0 Å².